The molecule has 4 nitrogen and oxygen atoms in total. The highest BCUT2D eigenvalue weighted by Gasteiger charge is 2.20. The van der Waals surface area contributed by atoms with Gasteiger partial charge in [-0.15, -0.1) is 0 Å². The molecular formula is C12H17NO3. The number of benzene rings is 1. The highest BCUT2D eigenvalue weighted by Crippen LogP contribution is 2.15. The zero-order valence-corrected chi connectivity index (χ0v) is 9.60. The Bertz CT molecular complexity index is 313. The summed E-state index contributed by atoms with van der Waals surface area (Å²) in [5.74, 6) is -0.601. The Kier molecular flexibility index (Phi) is 5.53. The normalized spacial score (nSPS) is 12.1. The third-order valence-corrected chi connectivity index (χ3v) is 2.22. The highest BCUT2D eigenvalue weighted by atomic mass is 16.6. The van der Waals surface area contributed by atoms with Crippen molar-refractivity contribution in [3.63, 3.8) is 0 Å². The fourth-order valence-electron chi connectivity index (χ4n) is 1.41. The summed E-state index contributed by atoms with van der Waals surface area (Å²) in [6, 6.07) is 9.50. The second-order valence-corrected chi connectivity index (χ2v) is 3.27. The number of carbonyl (C=O) groups excluding carboxylic acids is 1. The molecule has 1 atom stereocenters. The molecule has 0 aromatic heterocycles. The smallest absolute Gasteiger partial charge is 0.314 e. The first-order chi connectivity index (χ1) is 7.79. The number of esters is 1. The molecule has 0 amide bonds. The van der Waals surface area contributed by atoms with Gasteiger partial charge < -0.3 is 9.57 Å². The summed E-state index contributed by atoms with van der Waals surface area (Å²) in [6.07, 6.45) is 0. The Morgan fingerprint density at radius 2 is 2.06 bits per heavy atom. The molecule has 1 aromatic carbocycles. The van der Waals surface area contributed by atoms with E-state index in [0.29, 0.717) is 13.2 Å². The van der Waals surface area contributed by atoms with Crippen molar-refractivity contribution < 1.29 is 14.4 Å². The van der Waals surface area contributed by atoms with Crippen LogP contribution < -0.4 is 5.48 Å². The molecule has 0 bridgehead atoms. The lowest BCUT2D eigenvalue weighted by Crippen LogP contribution is -2.28. The van der Waals surface area contributed by atoms with Gasteiger partial charge in [-0.1, -0.05) is 30.3 Å². The van der Waals surface area contributed by atoms with Crippen molar-refractivity contribution in [2.24, 2.45) is 0 Å². The first kappa shape index (κ1) is 12.7. The van der Waals surface area contributed by atoms with Crippen LogP contribution in [0.3, 0.4) is 0 Å². The third kappa shape index (κ3) is 3.64. The molecule has 0 fully saturated rings. The Morgan fingerprint density at radius 1 is 1.38 bits per heavy atom. The summed E-state index contributed by atoms with van der Waals surface area (Å²) in [5.41, 5.74) is 3.67. The van der Waals surface area contributed by atoms with Crippen molar-refractivity contribution in [3.8, 4) is 0 Å². The molecule has 88 valence electrons. The standard InChI is InChI=1S/C12H17NO3/c1-3-16-13-9-11(12(14)15-2)10-7-5-4-6-8-10/h4-8,11,13H,3,9H2,1-2H3. The fourth-order valence-corrected chi connectivity index (χ4v) is 1.41. The largest absolute Gasteiger partial charge is 0.469 e. The summed E-state index contributed by atoms with van der Waals surface area (Å²) in [5, 5.41) is 0. The van der Waals surface area contributed by atoms with Gasteiger partial charge in [-0.25, -0.2) is 5.48 Å². The molecule has 0 heterocycles. The van der Waals surface area contributed by atoms with E-state index in [2.05, 4.69) is 5.48 Å². The predicted molar refractivity (Wildman–Crippen MR) is 60.8 cm³/mol. The molecule has 0 radical (unpaired) electrons. The number of ether oxygens (including phenoxy) is 1. The van der Waals surface area contributed by atoms with Crippen LogP contribution in [0.15, 0.2) is 30.3 Å². The first-order valence-corrected chi connectivity index (χ1v) is 5.27. The molecule has 0 aliphatic carbocycles. The fraction of sp³-hybridized carbons (Fsp3) is 0.417. The van der Waals surface area contributed by atoms with Crippen LogP contribution in [0.2, 0.25) is 0 Å². The molecule has 1 aromatic rings. The maximum Gasteiger partial charge on any atom is 0.314 e. The second kappa shape index (κ2) is 6.98. The Labute approximate surface area is 95.5 Å². The lowest BCUT2D eigenvalue weighted by atomic mass is 10.00. The van der Waals surface area contributed by atoms with Gasteiger partial charge in [-0.2, -0.15) is 0 Å². The maximum absolute atomic E-state index is 11.6. The number of hydroxylamine groups is 1. The Balaban J connectivity index is 2.68. The predicted octanol–water partition coefficient (Wildman–Crippen LogP) is 1.48. The van der Waals surface area contributed by atoms with Gasteiger partial charge >= 0.3 is 5.97 Å². The van der Waals surface area contributed by atoms with E-state index >= 15 is 0 Å². The van der Waals surface area contributed by atoms with E-state index in [9.17, 15) is 4.79 Å². The van der Waals surface area contributed by atoms with Crippen molar-refractivity contribution in [2.75, 3.05) is 20.3 Å². The number of methoxy groups -OCH3 is 1. The third-order valence-electron chi connectivity index (χ3n) is 2.22. The van der Waals surface area contributed by atoms with Crippen LogP contribution in [-0.2, 0) is 14.4 Å². The van der Waals surface area contributed by atoms with Crippen LogP contribution in [0.25, 0.3) is 0 Å². The van der Waals surface area contributed by atoms with Gasteiger partial charge in [-0.3, -0.25) is 4.79 Å². The molecule has 4 heteroatoms. The van der Waals surface area contributed by atoms with Gasteiger partial charge in [0.1, 0.15) is 0 Å². The van der Waals surface area contributed by atoms with Gasteiger partial charge in [0.05, 0.1) is 19.6 Å². The van der Waals surface area contributed by atoms with Crippen LogP contribution >= 0.6 is 0 Å². The summed E-state index contributed by atoms with van der Waals surface area (Å²) in [7, 11) is 1.39. The molecule has 0 aliphatic rings. The van der Waals surface area contributed by atoms with Gasteiger partial charge in [0, 0.05) is 6.54 Å². The van der Waals surface area contributed by atoms with Gasteiger partial charge in [0.15, 0.2) is 0 Å². The minimum Gasteiger partial charge on any atom is -0.469 e. The van der Waals surface area contributed by atoms with E-state index < -0.39 is 0 Å². The van der Waals surface area contributed by atoms with Crippen molar-refractivity contribution in [1.29, 1.82) is 0 Å². The summed E-state index contributed by atoms with van der Waals surface area (Å²) >= 11 is 0. The molecule has 0 saturated heterocycles. The van der Waals surface area contributed by atoms with Crippen molar-refractivity contribution in [3.05, 3.63) is 35.9 Å². The summed E-state index contributed by atoms with van der Waals surface area (Å²) in [4.78, 5) is 16.6. The molecule has 0 saturated carbocycles. The maximum atomic E-state index is 11.6. The van der Waals surface area contributed by atoms with Gasteiger partial charge in [-0.05, 0) is 12.5 Å². The van der Waals surface area contributed by atoms with Gasteiger partial charge in [0.2, 0.25) is 0 Å². The molecule has 0 spiro atoms. The monoisotopic (exact) mass is 223 g/mol. The molecule has 16 heavy (non-hydrogen) atoms. The topological polar surface area (TPSA) is 47.6 Å². The molecular weight excluding hydrogens is 206 g/mol. The number of nitrogens with one attached hydrogen (secondary N) is 1. The quantitative estimate of drug-likeness (QED) is 0.451. The average Bonchev–Trinajstić information content (AvgIpc) is 2.35. The zero-order valence-electron chi connectivity index (χ0n) is 9.60. The van der Waals surface area contributed by atoms with E-state index in [4.69, 9.17) is 9.57 Å². The molecule has 1 rings (SSSR count). The van der Waals surface area contributed by atoms with E-state index in [-0.39, 0.29) is 11.9 Å². The molecule has 1 N–H and O–H groups in total. The van der Waals surface area contributed by atoms with Gasteiger partial charge in [0.25, 0.3) is 0 Å². The number of hydrogen-bond acceptors (Lipinski definition) is 4. The minimum atomic E-state index is -0.335. The van der Waals surface area contributed by atoms with Crippen LogP contribution in [0.4, 0.5) is 0 Å². The van der Waals surface area contributed by atoms with E-state index in [1.54, 1.807) is 0 Å². The number of carbonyl (C=O) groups is 1. The van der Waals surface area contributed by atoms with Crippen molar-refractivity contribution in [1.82, 2.24) is 5.48 Å². The average molecular weight is 223 g/mol. The first-order valence-electron chi connectivity index (χ1n) is 5.27. The van der Waals surface area contributed by atoms with E-state index in [1.807, 2.05) is 37.3 Å². The van der Waals surface area contributed by atoms with Crippen LogP contribution in [0, 0.1) is 0 Å². The van der Waals surface area contributed by atoms with Crippen molar-refractivity contribution in [2.45, 2.75) is 12.8 Å². The Morgan fingerprint density at radius 3 is 2.62 bits per heavy atom. The number of hydrogen-bond donors (Lipinski definition) is 1. The van der Waals surface area contributed by atoms with E-state index in [1.165, 1.54) is 7.11 Å². The SMILES string of the molecule is CCONCC(C(=O)OC)c1ccccc1. The van der Waals surface area contributed by atoms with E-state index in [0.717, 1.165) is 5.56 Å². The Hall–Kier alpha value is -1.39. The lowest BCUT2D eigenvalue weighted by molar-refractivity contribution is -0.143. The number of rotatable bonds is 6. The van der Waals surface area contributed by atoms with Crippen LogP contribution in [0.5, 0.6) is 0 Å². The summed E-state index contributed by atoms with van der Waals surface area (Å²) < 4.78 is 4.76. The van der Waals surface area contributed by atoms with Crippen LogP contribution in [-0.4, -0.2) is 26.2 Å². The lowest BCUT2D eigenvalue weighted by Gasteiger charge is -2.15. The zero-order chi connectivity index (χ0) is 11.8. The molecule has 0 aliphatic heterocycles. The second-order valence-electron chi connectivity index (χ2n) is 3.27. The highest BCUT2D eigenvalue weighted by molar-refractivity contribution is 5.78. The van der Waals surface area contributed by atoms with Crippen molar-refractivity contribution >= 4 is 5.97 Å². The minimum absolute atomic E-state index is 0.265. The summed E-state index contributed by atoms with van der Waals surface area (Å²) in [6.45, 7) is 2.84. The van der Waals surface area contributed by atoms with Crippen LogP contribution in [0.1, 0.15) is 18.4 Å². The molecule has 1 unspecified atom stereocenters.